The Bertz CT molecular complexity index is 978. The normalized spacial score (nSPS) is 16.0. The topological polar surface area (TPSA) is 98.7 Å². The highest BCUT2D eigenvalue weighted by Gasteiger charge is 2.29. The van der Waals surface area contributed by atoms with Gasteiger partial charge in [0.05, 0.1) is 18.2 Å². The number of Topliss-reactive ketones (excluding diaryl/α,β-unsaturated/α-hetero) is 2. The minimum atomic E-state index is -0.688. The molecule has 8 heteroatoms. The number of hydrogen-bond acceptors (Lipinski definition) is 6. The van der Waals surface area contributed by atoms with Crippen molar-refractivity contribution in [1.29, 1.82) is 0 Å². The van der Waals surface area contributed by atoms with Gasteiger partial charge in [0.25, 0.3) is 0 Å². The molecule has 1 aliphatic rings. The second-order valence-electron chi connectivity index (χ2n) is 8.08. The Labute approximate surface area is 186 Å². The van der Waals surface area contributed by atoms with E-state index in [4.69, 9.17) is 0 Å². The molecule has 0 aromatic heterocycles. The summed E-state index contributed by atoms with van der Waals surface area (Å²) in [5, 5.41) is 15.1. The molecule has 1 aliphatic heterocycles. The molecule has 1 saturated heterocycles. The second-order valence-corrected chi connectivity index (χ2v) is 8.08. The summed E-state index contributed by atoms with van der Waals surface area (Å²) in [6.07, 6.45) is 1.73. The number of nitrogens with zero attached hydrogens (tertiary/aromatic N) is 1. The lowest BCUT2D eigenvalue weighted by Crippen LogP contribution is -2.31. The highest BCUT2D eigenvalue weighted by atomic mass is 19.1. The largest absolute Gasteiger partial charge is 0.508 e. The van der Waals surface area contributed by atoms with Crippen LogP contribution in [0.1, 0.15) is 36.5 Å². The number of anilines is 2. The number of hydrogen-bond donors (Lipinski definition) is 3. The molecule has 3 rings (SSSR count). The Hall–Kier alpha value is -3.26. The van der Waals surface area contributed by atoms with Crippen molar-refractivity contribution >= 4 is 28.8 Å². The molecule has 1 fully saturated rings. The summed E-state index contributed by atoms with van der Waals surface area (Å²) < 4.78 is 13.8. The second kappa shape index (κ2) is 10.9. The average Bonchev–Trinajstić information content (AvgIpc) is 3.22. The van der Waals surface area contributed by atoms with Gasteiger partial charge in [-0.2, -0.15) is 0 Å². The lowest BCUT2D eigenvalue weighted by molar-refractivity contribution is -0.121. The Morgan fingerprint density at radius 1 is 1.16 bits per heavy atom. The Morgan fingerprint density at radius 2 is 1.91 bits per heavy atom. The number of amides is 1. The number of rotatable bonds is 10. The molecular weight excluding hydrogens is 413 g/mol. The maximum absolute atomic E-state index is 13.8. The molecule has 1 amide bonds. The van der Waals surface area contributed by atoms with Crippen LogP contribution >= 0.6 is 0 Å². The standard InChI is InChI=1S/C24H28FN3O4/c1-16(29)17-4-6-19(7-5-17)26-11-2-3-21(31)15-28-12-10-18(14-28)24(32)27-23-9-8-20(30)13-22(23)25/h4-9,13,18,26,30H,2-3,10-12,14-15H2,1H3,(H,27,32)/t18-/m1/s1. The van der Waals surface area contributed by atoms with Gasteiger partial charge in [-0.3, -0.25) is 19.3 Å². The molecule has 0 unspecified atom stereocenters. The predicted molar refractivity (Wildman–Crippen MR) is 120 cm³/mol. The third kappa shape index (κ3) is 6.62. The molecular formula is C24H28FN3O4. The van der Waals surface area contributed by atoms with Crippen LogP contribution in [-0.2, 0) is 9.59 Å². The minimum Gasteiger partial charge on any atom is -0.508 e. The lowest BCUT2D eigenvalue weighted by atomic mass is 10.1. The van der Waals surface area contributed by atoms with Gasteiger partial charge in [-0.25, -0.2) is 4.39 Å². The van der Waals surface area contributed by atoms with Crippen molar-refractivity contribution in [3.05, 3.63) is 53.8 Å². The van der Waals surface area contributed by atoms with Gasteiger partial charge in [-0.05, 0) is 62.7 Å². The molecule has 1 atom stereocenters. The number of nitrogens with one attached hydrogen (secondary N) is 2. The summed E-state index contributed by atoms with van der Waals surface area (Å²) in [5.74, 6) is -1.35. The maximum atomic E-state index is 13.8. The zero-order valence-corrected chi connectivity index (χ0v) is 18.1. The van der Waals surface area contributed by atoms with Crippen LogP contribution in [0, 0.1) is 11.7 Å². The van der Waals surface area contributed by atoms with E-state index in [1.54, 1.807) is 12.1 Å². The third-order valence-corrected chi connectivity index (χ3v) is 5.51. The number of carbonyl (C=O) groups is 3. The first-order valence-corrected chi connectivity index (χ1v) is 10.7. The molecule has 2 aromatic carbocycles. The molecule has 0 bridgehead atoms. The number of benzene rings is 2. The van der Waals surface area contributed by atoms with E-state index in [1.807, 2.05) is 17.0 Å². The summed E-state index contributed by atoms with van der Waals surface area (Å²) in [5.41, 5.74) is 1.60. The predicted octanol–water partition coefficient (Wildman–Crippen LogP) is 3.46. The molecule has 0 saturated carbocycles. The molecule has 170 valence electrons. The average molecular weight is 442 g/mol. The number of phenolic OH excluding ortho intramolecular Hbond substituents is 1. The monoisotopic (exact) mass is 441 g/mol. The fourth-order valence-corrected chi connectivity index (χ4v) is 3.70. The summed E-state index contributed by atoms with van der Waals surface area (Å²) >= 11 is 0. The third-order valence-electron chi connectivity index (χ3n) is 5.51. The van der Waals surface area contributed by atoms with E-state index in [0.29, 0.717) is 51.0 Å². The molecule has 1 heterocycles. The van der Waals surface area contributed by atoms with Gasteiger partial charge >= 0.3 is 0 Å². The van der Waals surface area contributed by atoms with E-state index in [0.717, 1.165) is 11.8 Å². The van der Waals surface area contributed by atoms with Crippen molar-refractivity contribution in [1.82, 2.24) is 4.90 Å². The van der Waals surface area contributed by atoms with Crippen LogP contribution in [0.25, 0.3) is 0 Å². The van der Waals surface area contributed by atoms with E-state index >= 15 is 0 Å². The van der Waals surface area contributed by atoms with Crippen molar-refractivity contribution in [2.24, 2.45) is 5.92 Å². The summed E-state index contributed by atoms with van der Waals surface area (Å²) in [6, 6.07) is 10.8. The Kier molecular flexibility index (Phi) is 7.94. The van der Waals surface area contributed by atoms with Gasteiger partial charge in [0.1, 0.15) is 17.3 Å². The first kappa shape index (κ1) is 23.4. The van der Waals surface area contributed by atoms with Gasteiger partial charge in [0, 0.05) is 36.8 Å². The fourth-order valence-electron chi connectivity index (χ4n) is 3.70. The number of aromatic hydroxyl groups is 1. The minimum absolute atomic E-state index is 0.0243. The molecule has 32 heavy (non-hydrogen) atoms. The van der Waals surface area contributed by atoms with Gasteiger partial charge in [0.15, 0.2) is 5.78 Å². The highest BCUT2D eigenvalue weighted by molar-refractivity contribution is 5.94. The van der Waals surface area contributed by atoms with Crippen LogP contribution < -0.4 is 10.6 Å². The SMILES string of the molecule is CC(=O)c1ccc(NCCCC(=O)CN2CC[C@@H](C(=O)Nc3ccc(O)cc3F)C2)cc1. The number of phenols is 1. The van der Waals surface area contributed by atoms with Gasteiger partial charge < -0.3 is 15.7 Å². The quantitative estimate of drug-likeness (QED) is 0.297. The fraction of sp³-hybridized carbons (Fsp3) is 0.375. The number of carbonyl (C=O) groups excluding carboxylic acids is 3. The molecule has 3 N–H and O–H groups in total. The smallest absolute Gasteiger partial charge is 0.228 e. The Morgan fingerprint density at radius 3 is 2.59 bits per heavy atom. The van der Waals surface area contributed by atoms with Crippen LogP contribution in [0.15, 0.2) is 42.5 Å². The van der Waals surface area contributed by atoms with Crippen LogP contribution in [0.3, 0.4) is 0 Å². The van der Waals surface area contributed by atoms with Crippen molar-refractivity contribution in [2.45, 2.75) is 26.2 Å². The van der Waals surface area contributed by atoms with Crippen LogP contribution in [0.2, 0.25) is 0 Å². The van der Waals surface area contributed by atoms with E-state index < -0.39 is 5.82 Å². The van der Waals surface area contributed by atoms with E-state index in [1.165, 1.54) is 19.1 Å². The molecule has 0 spiro atoms. The van der Waals surface area contributed by atoms with E-state index in [2.05, 4.69) is 10.6 Å². The zero-order valence-electron chi connectivity index (χ0n) is 18.1. The van der Waals surface area contributed by atoms with Crippen molar-refractivity contribution < 1.29 is 23.9 Å². The lowest BCUT2D eigenvalue weighted by Gasteiger charge is -2.15. The van der Waals surface area contributed by atoms with Crippen LogP contribution in [0.5, 0.6) is 5.75 Å². The van der Waals surface area contributed by atoms with Gasteiger partial charge in [-0.1, -0.05) is 0 Å². The summed E-state index contributed by atoms with van der Waals surface area (Å²) in [4.78, 5) is 37.9. The van der Waals surface area contributed by atoms with Crippen molar-refractivity contribution in [3.63, 3.8) is 0 Å². The summed E-state index contributed by atoms with van der Waals surface area (Å²) in [7, 11) is 0. The first-order valence-electron chi connectivity index (χ1n) is 10.7. The van der Waals surface area contributed by atoms with E-state index in [9.17, 15) is 23.9 Å². The summed E-state index contributed by atoms with van der Waals surface area (Å²) in [6.45, 7) is 3.57. The number of halogens is 1. The molecule has 0 aliphatic carbocycles. The van der Waals surface area contributed by atoms with Gasteiger partial charge in [0.2, 0.25) is 5.91 Å². The first-order chi connectivity index (χ1) is 15.3. The highest BCUT2D eigenvalue weighted by Crippen LogP contribution is 2.22. The molecule has 0 radical (unpaired) electrons. The van der Waals surface area contributed by atoms with Crippen molar-refractivity contribution in [3.8, 4) is 5.75 Å². The maximum Gasteiger partial charge on any atom is 0.228 e. The van der Waals surface area contributed by atoms with Crippen LogP contribution in [0.4, 0.5) is 15.8 Å². The zero-order chi connectivity index (χ0) is 23.1. The number of likely N-dealkylation sites (tertiary alicyclic amines) is 1. The van der Waals surface area contributed by atoms with Crippen LogP contribution in [-0.4, -0.2) is 53.7 Å². The molecule has 2 aromatic rings. The van der Waals surface area contributed by atoms with Gasteiger partial charge in [-0.15, -0.1) is 0 Å². The number of ketones is 2. The Balaban J connectivity index is 1.35. The van der Waals surface area contributed by atoms with Crippen molar-refractivity contribution in [2.75, 3.05) is 36.8 Å². The molecule has 7 nitrogen and oxygen atoms in total. The van der Waals surface area contributed by atoms with E-state index in [-0.39, 0.29) is 34.8 Å².